The molecule has 0 bridgehead atoms. The molecular formula is C4H9ClF3NS. The highest BCUT2D eigenvalue weighted by Gasteiger charge is 2.27. The Kier molecular flexibility index (Phi) is 6.63. The van der Waals surface area contributed by atoms with Crippen LogP contribution in [0.1, 0.15) is 6.92 Å². The van der Waals surface area contributed by atoms with E-state index in [9.17, 15) is 13.2 Å². The van der Waals surface area contributed by atoms with E-state index in [1.807, 2.05) is 0 Å². The van der Waals surface area contributed by atoms with E-state index in [-0.39, 0.29) is 29.9 Å². The van der Waals surface area contributed by atoms with Gasteiger partial charge in [-0.3, -0.25) is 0 Å². The molecule has 0 fully saturated rings. The molecule has 0 aliphatic carbocycles. The Hall–Kier alpha value is 0.390. The third-order valence-electron chi connectivity index (χ3n) is 0.510. The Morgan fingerprint density at radius 3 is 2.00 bits per heavy atom. The molecule has 0 aliphatic heterocycles. The van der Waals surface area contributed by atoms with E-state index in [0.717, 1.165) is 0 Å². The minimum absolute atomic E-state index is 0. The molecule has 0 amide bonds. The van der Waals surface area contributed by atoms with Crippen LogP contribution < -0.4 is 5.73 Å². The van der Waals surface area contributed by atoms with E-state index in [4.69, 9.17) is 5.73 Å². The molecule has 1 unspecified atom stereocenters. The van der Waals surface area contributed by atoms with Crippen molar-refractivity contribution in [1.29, 1.82) is 0 Å². The van der Waals surface area contributed by atoms with E-state index < -0.39 is 11.6 Å². The molecule has 0 saturated carbocycles. The van der Waals surface area contributed by atoms with Crippen LogP contribution in [0, 0.1) is 0 Å². The van der Waals surface area contributed by atoms with Crippen molar-refractivity contribution in [2.24, 2.45) is 5.73 Å². The van der Waals surface area contributed by atoms with E-state index >= 15 is 0 Å². The van der Waals surface area contributed by atoms with Crippen molar-refractivity contribution in [3.63, 3.8) is 0 Å². The molecule has 0 aliphatic rings. The smallest absolute Gasteiger partial charge is 0.327 e. The average molecular weight is 196 g/mol. The van der Waals surface area contributed by atoms with Crippen LogP contribution in [-0.2, 0) is 0 Å². The summed E-state index contributed by atoms with van der Waals surface area (Å²) in [6, 6.07) is -0.392. The Balaban J connectivity index is 0. The number of halogens is 4. The van der Waals surface area contributed by atoms with Crippen molar-refractivity contribution in [1.82, 2.24) is 0 Å². The molecule has 0 aromatic heterocycles. The van der Waals surface area contributed by atoms with Crippen molar-refractivity contribution in [2.45, 2.75) is 18.5 Å². The van der Waals surface area contributed by atoms with Gasteiger partial charge in [-0.05, 0) is 18.7 Å². The topological polar surface area (TPSA) is 26.0 Å². The van der Waals surface area contributed by atoms with Gasteiger partial charge in [-0.25, -0.2) is 0 Å². The number of thioether (sulfide) groups is 1. The van der Waals surface area contributed by atoms with Crippen LogP contribution in [0.4, 0.5) is 13.2 Å². The van der Waals surface area contributed by atoms with Crippen LogP contribution in [0.3, 0.4) is 0 Å². The number of hydrogen-bond donors (Lipinski definition) is 1. The summed E-state index contributed by atoms with van der Waals surface area (Å²) in [4.78, 5) is 0. The molecule has 0 saturated heterocycles. The fourth-order valence-electron chi connectivity index (χ4n) is 0.226. The van der Waals surface area contributed by atoms with Gasteiger partial charge >= 0.3 is 5.51 Å². The van der Waals surface area contributed by atoms with E-state index in [1.54, 1.807) is 6.92 Å². The fourth-order valence-corrected chi connectivity index (χ4v) is 0.678. The normalized spacial score (nSPS) is 14.1. The molecule has 6 heteroatoms. The maximum absolute atomic E-state index is 11.3. The average Bonchev–Trinajstić information content (AvgIpc) is 1.59. The van der Waals surface area contributed by atoms with Crippen molar-refractivity contribution < 1.29 is 13.2 Å². The third kappa shape index (κ3) is 11.2. The molecule has 10 heavy (non-hydrogen) atoms. The molecule has 64 valence electrons. The lowest BCUT2D eigenvalue weighted by Crippen LogP contribution is -2.20. The highest BCUT2D eigenvalue weighted by atomic mass is 35.5. The number of alkyl halides is 3. The SMILES string of the molecule is CC(N)CSC(F)(F)F.Cl. The van der Waals surface area contributed by atoms with Crippen LogP contribution in [0.5, 0.6) is 0 Å². The van der Waals surface area contributed by atoms with Gasteiger partial charge in [0, 0.05) is 11.8 Å². The van der Waals surface area contributed by atoms with Crippen LogP contribution in [0.25, 0.3) is 0 Å². The van der Waals surface area contributed by atoms with Gasteiger partial charge in [0.05, 0.1) is 0 Å². The van der Waals surface area contributed by atoms with Crippen molar-refractivity contribution in [2.75, 3.05) is 5.75 Å². The summed E-state index contributed by atoms with van der Waals surface area (Å²) in [7, 11) is 0. The molecule has 0 aromatic carbocycles. The Labute approximate surface area is 67.9 Å². The summed E-state index contributed by atoms with van der Waals surface area (Å²) in [6.45, 7) is 1.54. The van der Waals surface area contributed by atoms with Gasteiger partial charge in [-0.1, -0.05) is 0 Å². The molecule has 1 atom stereocenters. The third-order valence-corrected chi connectivity index (χ3v) is 1.53. The summed E-state index contributed by atoms with van der Waals surface area (Å²) in [6.07, 6.45) is 0. The lowest BCUT2D eigenvalue weighted by atomic mass is 10.4. The molecule has 2 N–H and O–H groups in total. The fraction of sp³-hybridized carbons (Fsp3) is 1.00. The molecule has 0 spiro atoms. The van der Waals surface area contributed by atoms with Gasteiger partial charge in [0.25, 0.3) is 0 Å². The number of hydrogen-bond acceptors (Lipinski definition) is 2. The Morgan fingerprint density at radius 1 is 1.50 bits per heavy atom. The minimum atomic E-state index is -4.13. The van der Waals surface area contributed by atoms with Crippen molar-refractivity contribution >= 4 is 24.2 Å². The largest absolute Gasteiger partial charge is 0.441 e. The number of rotatable bonds is 2. The lowest BCUT2D eigenvalue weighted by molar-refractivity contribution is -0.0328. The summed E-state index contributed by atoms with van der Waals surface area (Å²) in [5, 5.41) is 0. The summed E-state index contributed by atoms with van der Waals surface area (Å²) < 4.78 is 34.0. The lowest BCUT2D eigenvalue weighted by Gasteiger charge is -2.06. The van der Waals surface area contributed by atoms with Crippen molar-refractivity contribution in [3.05, 3.63) is 0 Å². The molecule has 0 rings (SSSR count). The molecule has 0 aromatic rings. The first-order valence-corrected chi connectivity index (χ1v) is 3.36. The van der Waals surface area contributed by atoms with Crippen LogP contribution in [0.15, 0.2) is 0 Å². The van der Waals surface area contributed by atoms with Gasteiger partial charge in [0.2, 0.25) is 0 Å². The predicted octanol–water partition coefficient (Wildman–Crippen LogP) is 2.01. The first-order valence-electron chi connectivity index (χ1n) is 2.38. The van der Waals surface area contributed by atoms with Gasteiger partial charge in [0.1, 0.15) is 0 Å². The molecule has 0 radical (unpaired) electrons. The second-order valence-electron chi connectivity index (χ2n) is 1.73. The highest BCUT2D eigenvalue weighted by molar-refractivity contribution is 8.00. The van der Waals surface area contributed by atoms with Crippen LogP contribution >= 0.6 is 24.2 Å². The van der Waals surface area contributed by atoms with Gasteiger partial charge in [-0.15, -0.1) is 12.4 Å². The first-order chi connectivity index (χ1) is 3.92. The molecular weight excluding hydrogens is 187 g/mol. The zero-order chi connectivity index (χ0) is 7.49. The van der Waals surface area contributed by atoms with Gasteiger partial charge < -0.3 is 5.73 Å². The number of nitrogens with two attached hydrogens (primary N) is 1. The van der Waals surface area contributed by atoms with Gasteiger partial charge in [0.15, 0.2) is 0 Å². The van der Waals surface area contributed by atoms with Crippen LogP contribution in [0.2, 0.25) is 0 Å². The Morgan fingerprint density at radius 2 is 1.90 bits per heavy atom. The zero-order valence-electron chi connectivity index (χ0n) is 5.31. The second-order valence-corrected chi connectivity index (χ2v) is 2.82. The van der Waals surface area contributed by atoms with E-state index in [0.29, 0.717) is 0 Å². The predicted molar refractivity (Wildman–Crippen MR) is 39.4 cm³/mol. The maximum atomic E-state index is 11.3. The monoisotopic (exact) mass is 195 g/mol. The van der Waals surface area contributed by atoms with E-state index in [2.05, 4.69) is 0 Å². The van der Waals surface area contributed by atoms with Crippen LogP contribution in [-0.4, -0.2) is 17.3 Å². The van der Waals surface area contributed by atoms with Gasteiger partial charge in [-0.2, -0.15) is 13.2 Å². The summed E-state index contributed by atoms with van der Waals surface area (Å²) >= 11 is -0.0833. The quantitative estimate of drug-likeness (QED) is 0.730. The summed E-state index contributed by atoms with van der Waals surface area (Å²) in [5.74, 6) is -0.0660. The highest BCUT2D eigenvalue weighted by Crippen LogP contribution is 2.29. The standard InChI is InChI=1S/C4H8F3NS.ClH/c1-3(8)2-9-4(5,6)7;/h3H,2,8H2,1H3;1H. The first kappa shape index (κ1) is 13.0. The maximum Gasteiger partial charge on any atom is 0.441 e. The second kappa shape index (κ2) is 5.09. The van der Waals surface area contributed by atoms with E-state index in [1.165, 1.54) is 0 Å². The zero-order valence-corrected chi connectivity index (χ0v) is 6.95. The van der Waals surface area contributed by atoms with Crippen molar-refractivity contribution in [3.8, 4) is 0 Å². The molecule has 1 nitrogen and oxygen atoms in total. The molecule has 0 heterocycles. The Bertz CT molecular complexity index is 85.1. The minimum Gasteiger partial charge on any atom is -0.327 e. The summed E-state index contributed by atoms with van der Waals surface area (Å²) in [5.41, 5.74) is 0.947.